The van der Waals surface area contributed by atoms with Crippen molar-refractivity contribution in [1.29, 1.82) is 0 Å². The molecular formula is C13H23N3O. The van der Waals surface area contributed by atoms with E-state index in [0.717, 1.165) is 25.1 Å². The summed E-state index contributed by atoms with van der Waals surface area (Å²) in [6.07, 6.45) is 8.45. The van der Waals surface area contributed by atoms with E-state index in [9.17, 15) is 0 Å². The molecule has 1 aliphatic rings. The molecule has 0 amide bonds. The highest BCUT2D eigenvalue weighted by Gasteiger charge is 2.18. The smallest absolute Gasteiger partial charge is 0.0793 e. The summed E-state index contributed by atoms with van der Waals surface area (Å²) in [6, 6.07) is 2.44. The van der Waals surface area contributed by atoms with Gasteiger partial charge >= 0.3 is 0 Å². The number of nitrogens with one attached hydrogen (secondary N) is 1. The number of aryl methyl sites for hydroxylation is 1. The average molecular weight is 237 g/mol. The summed E-state index contributed by atoms with van der Waals surface area (Å²) < 4.78 is 7.62. The average Bonchev–Trinajstić information content (AvgIpc) is 2.78. The summed E-state index contributed by atoms with van der Waals surface area (Å²) in [5.41, 5.74) is 1.13. The Balaban J connectivity index is 1.82. The summed E-state index contributed by atoms with van der Waals surface area (Å²) in [6.45, 7) is 0.943. The first kappa shape index (κ1) is 12.6. The first-order valence-corrected chi connectivity index (χ1v) is 6.58. The van der Waals surface area contributed by atoms with Crippen LogP contribution in [0.3, 0.4) is 0 Å². The van der Waals surface area contributed by atoms with Gasteiger partial charge < -0.3 is 10.1 Å². The van der Waals surface area contributed by atoms with Crippen LogP contribution in [0.2, 0.25) is 0 Å². The third-order valence-electron chi connectivity index (χ3n) is 3.49. The summed E-state index contributed by atoms with van der Waals surface area (Å²) >= 11 is 0. The highest BCUT2D eigenvalue weighted by atomic mass is 16.5. The van der Waals surface area contributed by atoms with Gasteiger partial charge in [-0.25, -0.2) is 0 Å². The zero-order valence-corrected chi connectivity index (χ0v) is 10.9. The highest BCUT2D eigenvalue weighted by molar-refractivity contribution is 5.05. The fourth-order valence-electron chi connectivity index (χ4n) is 2.45. The lowest BCUT2D eigenvalue weighted by atomic mass is 10.0. The predicted molar refractivity (Wildman–Crippen MR) is 67.8 cm³/mol. The predicted octanol–water partition coefficient (Wildman–Crippen LogP) is 2.03. The second kappa shape index (κ2) is 6.17. The minimum Gasteiger partial charge on any atom is -0.378 e. The van der Waals surface area contributed by atoms with Gasteiger partial charge in [0.2, 0.25) is 0 Å². The molecule has 0 aliphatic carbocycles. The van der Waals surface area contributed by atoms with Crippen LogP contribution in [0.5, 0.6) is 0 Å². The monoisotopic (exact) mass is 237 g/mol. The standard InChI is InChI=1S/C13H23N3O/c1-14-12(13-8-9-16(2)15-13)7-6-11-5-3-4-10-17-11/h8-9,11-12,14H,3-7,10H2,1-2H3. The van der Waals surface area contributed by atoms with Crippen molar-refractivity contribution in [2.24, 2.45) is 7.05 Å². The molecule has 0 aromatic carbocycles. The topological polar surface area (TPSA) is 39.1 Å². The number of ether oxygens (including phenoxy) is 1. The van der Waals surface area contributed by atoms with Crippen LogP contribution in [-0.4, -0.2) is 29.5 Å². The molecule has 1 aromatic rings. The summed E-state index contributed by atoms with van der Waals surface area (Å²) in [4.78, 5) is 0. The number of rotatable bonds is 5. The van der Waals surface area contributed by atoms with E-state index in [1.807, 2.05) is 25.0 Å². The Kier molecular flexibility index (Phi) is 4.57. The molecule has 0 spiro atoms. The van der Waals surface area contributed by atoms with Crippen molar-refractivity contribution < 1.29 is 4.74 Å². The molecule has 4 nitrogen and oxygen atoms in total. The van der Waals surface area contributed by atoms with Gasteiger partial charge in [-0.1, -0.05) is 0 Å². The van der Waals surface area contributed by atoms with Gasteiger partial charge in [-0.2, -0.15) is 5.10 Å². The van der Waals surface area contributed by atoms with Crippen LogP contribution in [0.1, 0.15) is 43.8 Å². The maximum atomic E-state index is 5.76. The van der Waals surface area contributed by atoms with Crippen molar-refractivity contribution in [2.75, 3.05) is 13.7 Å². The van der Waals surface area contributed by atoms with Crippen LogP contribution in [-0.2, 0) is 11.8 Å². The number of nitrogens with zero attached hydrogens (tertiary/aromatic N) is 2. The molecule has 96 valence electrons. The Morgan fingerprint density at radius 1 is 1.59 bits per heavy atom. The molecule has 1 fully saturated rings. The van der Waals surface area contributed by atoms with E-state index in [2.05, 4.69) is 16.5 Å². The molecule has 2 heterocycles. The fourth-order valence-corrected chi connectivity index (χ4v) is 2.45. The largest absolute Gasteiger partial charge is 0.378 e. The Morgan fingerprint density at radius 3 is 3.06 bits per heavy atom. The maximum Gasteiger partial charge on any atom is 0.0793 e. The second-order valence-corrected chi connectivity index (χ2v) is 4.82. The minimum absolute atomic E-state index is 0.349. The van der Waals surface area contributed by atoms with Gasteiger partial charge in [0.25, 0.3) is 0 Å². The zero-order chi connectivity index (χ0) is 12.1. The molecule has 1 N–H and O–H groups in total. The molecule has 0 bridgehead atoms. The third kappa shape index (κ3) is 3.54. The lowest BCUT2D eigenvalue weighted by molar-refractivity contribution is 0.00859. The second-order valence-electron chi connectivity index (χ2n) is 4.82. The number of hydrogen-bond donors (Lipinski definition) is 1. The molecule has 0 saturated carbocycles. The Bertz CT molecular complexity index is 331. The normalized spacial score (nSPS) is 22.6. The van der Waals surface area contributed by atoms with Gasteiger partial charge in [-0.3, -0.25) is 4.68 Å². The zero-order valence-electron chi connectivity index (χ0n) is 10.9. The van der Waals surface area contributed by atoms with Crippen molar-refractivity contribution >= 4 is 0 Å². The van der Waals surface area contributed by atoms with Crippen LogP contribution in [0.25, 0.3) is 0 Å². The third-order valence-corrected chi connectivity index (χ3v) is 3.49. The lowest BCUT2D eigenvalue weighted by Gasteiger charge is -2.24. The van der Waals surface area contributed by atoms with Gasteiger partial charge in [-0.05, 0) is 45.2 Å². The van der Waals surface area contributed by atoms with Gasteiger partial charge in [0.1, 0.15) is 0 Å². The Morgan fingerprint density at radius 2 is 2.47 bits per heavy atom. The van der Waals surface area contributed by atoms with Crippen molar-refractivity contribution in [3.05, 3.63) is 18.0 Å². The maximum absolute atomic E-state index is 5.76. The van der Waals surface area contributed by atoms with Crippen LogP contribution < -0.4 is 5.32 Å². The fraction of sp³-hybridized carbons (Fsp3) is 0.769. The van der Waals surface area contributed by atoms with E-state index in [-0.39, 0.29) is 0 Å². The molecule has 1 aliphatic heterocycles. The van der Waals surface area contributed by atoms with E-state index >= 15 is 0 Å². The van der Waals surface area contributed by atoms with Crippen molar-refractivity contribution in [1.82, 2.24) is 15.1 Å². The molecular weight excluding hydrogens is 214 g/mol. The molecule has 17 heavy (non-hydrogen) atoms. The number of hydrogen-bond acceptors (Lipinski definition) is 3. The SMILES string of the molecule is CNC(CCC1CCCCO1)c1ccn(C)n1. The molecule has 1 saturated heterocycles. The number of aromatic nitrogens is 2. The van der Waals surface area contributed by atoms with E-state index < -0.39 is 0 Å². The summed E-state index contributed by atoms with van der Waals surface area (Å²) in [5.74, 6) is 0. The van der Waals surface area contributed by atoms with Gasteiger partial charge in [0, 0.05) is 19.9 Å². The van der Waals surface area contributed by atoms with E-state index in [4.69, 9.17) is 4.74 Å². The molecule has 2 atom stereocenters. The van der Waals surface area contributed by atoms with Gasteiger partial charge in [0.15, 0.2) is 0 Å². The minimum atomic E-state index is 0.349. The van der Waals surface area contributed by atoms with Crippen LogP contribution >= 0.6 is 0 Å². The molecule has 1 aromatic heterocycles. The Hall–Kier alpha value is -0.870. The lowest BCUT2D eigenvalue weighted by Crippen LogP contribution is -2.23. The molecule has 4 heteroatoms. The summed E-state index contributed by atoms with van der Waals surface area (Å²) in [7, 11) is 3.96. The van der Waals surface area contributed by atoms with Gasteiger partial charge in [0.05, 0.1) is 17.8 Å². The molecule has 2 unspecified atom stereocenters. The van der Waals surface area contributed by atoms with Crippen molar-refractivity contribution in [2.45, 2.75) is 44.2 Å². The summed E-state index contributed by atoms with van der Waals surface area (Å²) in [5, 5.41) is 7.80. The van der Waals surface area contributed by atoms with E-state index in [0.29, 0.717) is 12.1 Å². The first-order valence-electron chi connectivity index (χ1n) is 6.58. The molecule has 2 rings (SSSR count). The highest BCUT2D eigenvalue weighted by Crippen LogP contribution is 2.22. The Labute approximate surface area is 103 Å². The van der Waals surface area contributed by atoms with Crippen molar-refractivity contribution in [3.63, 3.8) is 0 Å². The quantitative estimate of drug-likeness (QED) is 0.851. The van der Waals surface area contributed by atoms with Crippen LogP contribution in [0.15, 0.2) is 12.3 Å². The van der Waals surface area contributed by atoms with Gasteiger partial charge in [-0.15, -0.1) is 0 Å². The van der Waals surface area contributed by atoms with Crippen molar-refractivity contribution in [3.8, 4) is 0 Å². The molecule has 0 radical (unpaired) electrons. The van der Waals surface area contributed by atoms with E-state index in [1.165, 1.54) is 19.3 Å². The van der Waals surface area contributed by atoms with Crippen LogP contribution in [0, 0.1) is 0 Å². The van der Waals surface area contributed by atoms with Crippen LogP contribution in [0.4, 0.5) is 0 Å². The first-order chi connectivity index (χ1) is 8.29. The van der Waals surface area contributed by atoms with E-state index in [1.54, 1.807) is 0 Å².